The molecule has 36 heteroatoms. The highest BCUT2D eigenvalue weighted by Gasteiger charge is 2.34. The zero-order valence-corrected chi connectivity index (χ0v) is 84.4. The second-order valence-corrected chi connectivity index (χ2v) is 40.2. The summed E-state index contributed by atoms with van der Waals surface area (Å²) in [6.07, 6.45) is 26.4. The monoisotopic (exact) mass is 2010 g/mol. The lowest BCUT2D eigenvalue weighted by Gasteiger charge is -2.33. The van der Waals surface area contributed by atoms with E-state index in [-0.39, 0.29) is 61.6 Å². The molecule has 0 radical (unpaired) electrons. The summed E-state index contributed by atoms with van der Waals surface area (Å²) in [5.74, 6) is 5.44. The Morgan fingerprint density at radius 2 is 0.615 bits per heavy atom. The summed E-state index contributed by atoms with van der Waals surface area (Å²) in [4.78, 5) is 85.7. The van der Waals surface area contributed by atoms with Crippen molar-refractivity contribution in [1.29, 1.82) is 0 Å². The lowest BCUT2D eigenvalue weighted by atomic mass is 9.90. The molecule has 8 aliphatic heterocycles. The van der Waals surface area contributed by atoms with Crippen molar-refractivity contribution in [3.8, 4) is 45.0 Å². The quantitative estimate of drug-likeness (QED) is 0.0458. The van der Waals surface area contributed by atoms with Gasteiger partial charge in [-0.1, -0.05) is 66.8 Å². The first-order valence-electron chi connectivity index (χ1n) is 51.7. The minimum absolute atomic E-state index is 0. The first-order valence-corrected chi connectivity index (χ1v) is 51.7. The van der Waals surface area contributed by atoms with Gasteiger partial charge in [-0.2, -0.15) is 0 Å². The van der Waals surface area contributed by atoms with Gasteiger partial charge in [0.1, 0.15) is 80.4 Å². The van der Waals surface area contributed by atoms with Gasteiger partial charge >= 0.3 is 0 Å². The Morgan fingerprint density at radius 3 is 0.966 bits per heavy atom. The van der Waals surface area contributed by atoms with Gasteiger partial charge in [0, 0.05) is 162 Å². The Kier molecular flexibility index (Phi) is 31.1. The van der Waals surface area contributed by atoms with Crippen LogP contribution in [-0.2, 0) is 38.8 Å². The molecule has 0 aliphatic carbocycles. The maximum absolute atomic E-state index is 15.1. The molecule has 4 N–H and O–H groups in total. The number of rotatable bonds is 22. The number of likely N-dealkylation sites (N-methyl/N-ethyl adjacent to an activating group) is 2. The van der Waals surface area contributed by atoms with Gasteiger partial charge in [-0.15, -0.1) is 0 Å². The molecule has 30 nitrogen and oxygen atoms in total. The Labute approximate surface area is 859 Å². The zero-order valence-electron chi connectivity index (χ0n) is 84.4. The van der Waals surface area contributed by atoms with Crippen LogP contribution >= 0.6 is 0 Å². The van der Waals surface area contributed by atoms with Crippen LogP contribution < -0.4 is 21.3 Å². The van der Waals surface area contributed by atoms with Crippen molar-refractivity contribution in [2.75, 3.05) is 127 Å². The molecular formula is C112H132F6N30. The van der Waals surface area contributed by atoms with Crippen molar-refractivity contribution in [2.24, 2.45) is 0 Å². The van der Waals surface area contributed by atoms with E-state index >= 15 is 8.78 Å². The molecule has 0 saturated carbocycles. The van der Waals surface area contributed by atoms with Crippen molar-refractivity contribution in [3.63, 3.8) is 0 Å². The second-order valence-electron chi connectivity index (χ2n) is 40.2. The predicted molar refractivity (Wildman–Crippen MR) is 571 cm³/mol. The molecule has 24 rings (SSSR count). The Bertz CT molecular complexity index is 7410. The number of hydrogen-bond acceptors (Lipinski definition) is 26. The molecule has 0 amide bonds. The lowest BCUT2D eigenvalue weighted by Crippen LogP contribution is -2.45. The van der Waals surface area contributed by atoms with Gasteiger partial charge in [0.15, 0.2) is 34.9 Å². The highest BCUT2D eigenvalue weighted by Crippen LogP contribution is 2.43. The summed E-state index contributed by atoms with van der Waals surface area (Å²) >= 11 is 0. The number of anilines is 8. The number of pyridine rings is 4. The molecule has 20 heterocycles. The fraction of sp³-hybridized carbons (Fsp3) is 0.429. The number of piperazine rings is 2. The molecule has 4 fully saturated rings. The standard InChI is InChI=1S/C28H32F2N8.C28H32FN7.C27H30F2N8.C27H30FN7.2CH4/c1-3-20-6-8-25-34-27-21(29)13-19(14-23(27)38(20)25)26-22(30)16-32-28(35-26)33-24-7-5-18(15-31-24)17-37-11-9-36(4-2)10-12-37;1-4-35-11-9-19(10-12-35)20-6-7-24(30-15-20)32-28-31-16-22(29)27(34-28)21-13-17(2)26-23(14-21)36-18(3)5-8-25(36)33-26;1-3-19-5-7-24-33-26-20(28)12-18(13-22(26)37(19)24)25-21(29)15-31-27(34-25)32-23-6-4-17(14-30-23)16-36-10-8-35(2)9-11-36;1-16-12-20(13-22-25(16)32-24-7-4-17(2)35(22)24)26-21(28)15-30-27(33-26)31-23-6-5-19(14-29-23)18-8-10-34(3)11-9-18;;/h5,7,13-16,20H,3-4,6,8-12,17H2,1-2H3,(H,31,32,33,35);6-7,13-16,18-19H,4-5,8-12H2,1-3H3,(H,30,31,32,34);4,6,12-15,19H,3,5,7-11,16H2,1-2H3,(H,30,31,32,34);5-6,12-15,17-18H,4,7-11H2,1-3H3,(H,29,30,31,33);2*1H4. The third-order valence-electron chi connectivity index (χ3n) is 30.6. The molecule has 148 heavy (non-hydrogen) atoms. The topological polar surface area (TPSA) is 294 Å². The molecule has 4 saturated heterocycles. The van der Waals surface area contributed by atoms with Crippen LogP contribution in [0.5, 0.6) is 0 Å². The Hall–Kier alpha value is -13.8. The summed E-state index contributed by atoms with van der Waals surface area (Å²) in [6, 6.07) is 31.4. The van der Waals surface area contributed by atoms with Crippen molar-refractivity contribution in [2.45, 2.75) is 209 Å². The summed E-state index contributed by atoms with van der Waals surface area (Å²) in [7, 11) is 4.31. The van der Waals surface area contributed by atoms with Crippen LogP contribution in [0.25, 0.3) is 89.2 Å². The maximum atomic E-state index is 15.1. The largest absolute Gasteiger partial charge is 0.325 e. The lowest BCUT2D eigenvalue weighted by molar-refractivity contribution is 0.132. The molecule has 4 aromatic carbocycles. The number of likely N-dealkylation sites (tertiary alicyclic amines) is 2. The van der Waals surface area contributed by atoms with Crippen LogP contribution in [0.1, 0.15) is 213 Å². The maximum Gasteiger partial charge on any atom is 0.229 e. The average molecular weight is 2010 g/mol. The van der Waals surface area contributed by atoms with E-state index in [1.807, 2.05) is 99.3 Å². The van der Waals surface area contributed by atoms with Gasteiger partial charge < -0.3 is 59.1 Å². The van der Waals surface area contributed by atoms with E-state index in [2.05, 4.69) is 206 Å². The van der Waals surface area contributed by atoms with Gasteiger partial charge in [-0.05, 0) is 263 Å². The number of nitrogens with one attached hydrogen (secondary N) is 4. The number of piperidine rings is 2. The first kappa shape index (κ1) is 103. The minimum Gasteiger partial charge on any atom is -0.325 e. The highest BCUT2D eigenvalue weighted by molar-refractivity contribution is 5.89. The summed E-state index contributed by atoms with van der Waals surface area (Å²) < 4.78 is 98.4. The Morgan fingerprint density at radius 1 is 0.304 bits per heavy atom. The third-order valence-corrected chi connectivity index (χ3v) is 30.6. The number of fused-ring (bicyclic) bond motifs is 12. The summed E-state index contributed by atoms with van der Waals surface area (Å²) in [5, 5.41) is 12.4. The van der Waals surface area contributed by atoms with Gasteiger partial charge in [-0.3, -0.25) is 9.80 Å². The van der Waals surface area contributed by atoms with Gasteiger partial charge in [0.05, 0.1) is 57.9 Å². The first-order chi connectivity index (χ1) is 70.9. The predicted octanol–water partition coefficient (Wildman–Crippen LogP) is 22.0. The van der Waals surface area contributed by atoms with E-state index in [1.54, 1.807) is 12.1 Å². The number of halogens is 6. The molecule has 0 bridgehead atoms. The smallest absolute Gasteiger partial charge is 0.229 e. The molecule has 4 unspecified atom stereocenters. The Balaban J connectivity index is 0.000000124. The van der Waals surface area contributed by atoms with Gasteiger partial charge in [0.25, 0.3) is 0 Å². The number of hydrogen-bond donors (Lipinski definition) is 4. The molecule has 16 aromatic rings. The molecule has 772 valence electrons. The number of nitrogens with zero attached hydrogens (tertiary/aromatic N) is 26. The van der Waals surface area contributed by atoms with E-state index in [0.717, 1.165) is 286 Å². The number of benzene rings is 4. The van der Waals surface area contributed by atoms with Gasteiger partial charge in [-0.25, -0.2) is 106 Å². The van der Waals surface area contributed by atoms with E-state index < -0.39 is 34.9 Å². The fourth-order valence-electron chi connectivity index (χ4n) is 22.1. The highest BCUT2D eigenvalue weighted by atomic mass is 19.1. The summed E-state index contributed by atoms with van der Waals surface area (Å²) in [6.45, 7) is 34.0. The van der Waals surface area contributed by atoms with Crippen LogP contribution in [0.15, 0.2) is 147 Å². The van der Waals surface area contributed by atoms with E-state index in [9.17, 15) is 17.6 Å². The zero-order chi connectivity index (χ0) is 101. The average Bonchev–Trinajstić information content (AvgIpc) is 1.60. The summed E-state index contributed by atoms with van der Waals surface area (Å²) in [5.41, 5.74) is 15.7. The second kappa shape index (κ2) is 44.7. The number of aryl methyl sites for hydroxylation is 6. The van der Waals surface area contributed by atoms with Crippen LogP contribution in [0.4, 0.5) is 73.4 Å². The van der Waals surface area contributed by atoms with Crippen molar-refractivity contribution < 1.29 is 26.3 Å². The molecule has 12 aromatic heterocycles. The minimum atomic E-state index is -0.618. The molecular weight excluding hydrogens is 1880 g/mol. The van der Waals surface area contributed by atoms with Crippen molar-refractivity contribution in [1.82, 2.24) is 127 Å². The van der Waals surface area contributed by atoms with Crippen LogP contribution in [0.3, 0.4) is 0 Å². The van der Waals surface area contributed by atoms with E-state index in [4.69, 9.17) is 9.97 Å². The van der Waals surface area contributed by atoms with Crippen molar-refractivity contribution >= 4 is 91.2 Å². The SMILES string of the molecule is C.C.CCC1CCc2nc3c(F)cc(-c4nc(Nc5ccc(CN6CCN(C)CC6)cn5)ncc4F)cc3n21.CCC1CCc2nc3c(F)cc(-c4nc(Nc5ccc(CN6CCN(CC)CC6)cn5)ncc4F)cc3n21.CCN1CCC(c2ccc(Nc3ncc(F)c(-c4cc(C)c5nc6n(c5c4)C(C)CC6)n3)nc2)CC1.Cc1cc(-c2nc(Nc3ccc(C4CCN(C)CC4)cn3)ncc2F)cc2c1nc1n2C(C)CC1. The van der Waals surface area contributed by atoms with Crippen LogP contribution in [0, 0.1) is 48.8 Å². The molecule has 0 spiro atoms. The number of aromatic nitrogens is 20. The van der Waals surface area contributed by atoms with Crippen molar-refractivity contribution in [3.05, 3.63) is 238 Å². The number of imidazole rings is 4. The fourth-order valence-corrected chi connectivity index (χ4v) is 22.1. The molecule has 4 atom stereocenters. The van der Waals surface area contributed by atoms with Gasteiger partial charge in [0.2, 0.25) is 23.8 Å². The van der Waals surface area contributed by atoms with E-state index in [0.29, 0.717) is 92.3 Å². The normalized spacial score (nSPS) is 18.3. The van der Waals surface area contributed by atoms with Crippen LogP contribution in [-0.4, -0.2) is 233 Å². The van der Waals surface area contributed by atoms with Crippen LogP contribution in [0.2, 0.25) is 0 Å². The van der Waals surface area contributed by atoms with E-state index in [1.165, 1.54) is 35.7 Å². The third kappa shape index (κ3) is 21.9. The molecule has 8 aliphatic rings.